The quantitative estimate of drug-likeness (QED) is 0.573. The Balaban J connectivity index is 1.38. The van der Waals surface area contributed by atoms with Crippen molar-refractivity contribution in [3.63, 3.8) is 0 Å². The van der Waals surface area contributed by atoms with Gasteiger partial charge in [-0.3, -0.25) is 0 Å². The fourth-order valence-electron chi connectivity index (χ4n) is 2.51. The molecule has 0 saturated heterocycles. The molecule has 0 N–H and O–H groups in total. The number of aromatic nitrogens is 2. The fraction of sp³-hybridized carbons (Fsp3) is 0.222. The molecule has 1 aromatic heterocycles. The van der Waals surface area contributed by atoms with E-state index < -0.39 is 12.7 Å². The molecule has 0 amide bonds. The van der Waals surface area contributed by atoms with Gasteiger partial charge in [-0.1, -0.05) is 36.0 Å². The molecule has 1 aliphatic heterocycles. The van der Waals surface area contributed by atoms with Crippen molar-refractivity contribution in [3.8, 4) is 17.2 Å². The second-order valence-corrected chi connectivity index (χ2v) is 6.51. The van der Waals surface area contributed by atoms with Crippen LogP contribution in [-0.2, 0) is 5.75 Å². The number of para-hydroxylation sites is 2. The van der Waals surface area contributed by atoms with Gasteiger partial charge in [0.1, 0.15) is 12.4 Å². The molecule has 0 saturated carbocycles. The minimum absolute atomic E-state index is 0.112. The normalized spacial score (nSPS) is 15.7. The van der Waals surface area contributed by atoms with Crippen LogP contribution in [0.5, 0.6) is 17.2 Å². The van der Waals surface area contributed by atoms with Crippen LogP contribution in [0.3, 0.4) is 0 Å². The molecule has 0 aliphatic carbocycles. The first-order valence-electron chi connectivity index (χ1n) is 8.06. The summed E-state index contributed by atoms with van der Waals surface area (Å²) in [5.41, 5.74) is 0.795. The van der Waals surface area contributed by atoms with E-state index in [0.29, 0.717) is 28.4 Å². The van der Waals surface area contributed by atoms with Gasteiger partial charge in [0, 0.05) is 5.75 Å². The Labute approximate surface area is 157 Å². The van der Waals surface area contributed by atoms with E-state index in [9.17, 15) is 8.78 Å². The van der Waals surface area contributed by atoms with E-state index in [1.165, 1.54) is 17.8 Å². The molecule has 9 heteroatoms. The molecule has 2 aromatic carbocycles. The number of halogens is 2. The molecule has 0 spiro atoms. The van der Waals surface area contributed by atoms with Gasteiger partial charge in [-0.05, 0) is 29.8 Å². The molecule has 4 rings (SSSR count). The highest BCUT2D eigenvalue weighted by Gasteiger charge is 2.27. The molecule has 0 radical (unpaired) electrons. The van der Waals surface area contributed by atoms with E-state index in [1.807, 2.05) is 24.3 Å². The van der Waals surface area contributed by atoms with Gasteiger partial charge in [0.25, 0.3) is 11.1 Å². The van der Waals surface area contributed by atoms with Crippen LogP contribution in [0.25, 0.3) is 0 Å². The smallest absolute Gasteiger partial charge is 0.387 e. The summed E-state index contributed by atoms with van der Waals surface area (Å²) in [6, 6.07) is 13.8. The van der Waals surface area contributed by atoms with E-state index in [2.05, 4.69) is 14.9 Å². The fourth-order valence-corrected chi connectivity index (χ4v) is 3.22. The molecule has 1 aliphatic rings. The summed E-state index contributed by atoms with van der Waals surface area (Å²) in [5, 5.41) is 8.36. The Morgan fingerprint density at radius 2 is 1.96 bits per heavy atom. The summed E-state index contributed by atoms with van der Waals surface area (Å²) in [5.74, 6) is 2.20. The summed E-state index contributed by atoms with van der Waals surface area (Å²) in [6.45, 7) is -2.58. The largest absolute Gasteiger partial charge is 0.485 e. The highest BCUT2D eigenvalue weighted by Crippen LogP contribution is 2.36. The van der Waals surface area contributed by atoms with Crippen LogP contribution >= 0.6 is 11.8 Å². The number of thioether (sulfide) groups is 1. The predicted octanol–water partition coefficient (Wildman–Crippen LogP) is 4.48. The van der Waals surface area contributed by atoms with Gasteiger partial charge in [0.2, 0.25) is 6.10 Å². The van der Waals surface area contributed by atoms with Crippen LogP contribution in [0.2, 0.25) is 0 Å². The second kappa shape index (κ2) is 7.83. The number of rotatable bonds is 6. The van der Waals surface area contributed by atoms with Crippen LogP contribution in [0.4, 0.5) is 8.78 Å². The molecule has 140 valence electrons. The monoisotopic (exact) mass is 392 g/mol. The first-order chi connectivity index (χ1) is 13.2. The molecule has 2 heterocycles. The first-order valence-corrected chi connectivity index (χ1v) is 9.04. The average Bonchev–Trinajstić information content (AvgIpc) is 3.15. The molecule has 27 heavy (non-hydrogen) atoms. The highest BCUT2D eigenvalue weighted by atomic mass is 32.2. The van der Waals surface area contributed by atoms with Crippen molar-refractivity contribution in [1.29, 1.82) is 0 Å². The van der Waals surface area contributed by atoms with Gasteiger partial charge in [-0.25, -0.2) is 0 Å². The number of benzene rings is 2. The average molecular weight is 392 g/mol. The Kier molecular flexibility index (Phi) is 5.10. The maximum absolute atomic E-state index is 12.3. The molecule has 3 aromatic rings. The molecule has 0 bridgehead atoms. The molecule has 1 unspecified atom stereocenters. The lowest BCUT2D eigenvalue weighted by atomic mass is 10.2. The molecular formula is C18H14F2N2O4S. The van der Waals surface area contributed by atoms with Gasteiger partial charge in [-0.15, -0.1) is 10.2 Å². The van der Waals surface area contributed by atoms with Gasteiger partial charge >= 0.3 is 6.61 Å². The standard InChI is InChI=1S/C18H14F2N2O4S/c19-17(20)24-12-5-3-4-11(8-12)10-27-18-22-21-16(26-18)15-9-23-13-6-1-2-7-14(13)25-15/h1-8,15,17H,9-10H2. The van der Waals surface area contributed by atoms with E-state index in [-0.39, 0.29) is 12.4 Å². The minimum atomic E-state index is -2.85. The van der Waals surface area contributed by atoms with E-state index >= 15 is 0 Å². The van der Waals surface area contributed by atoms with Crippen molar-refractivity contribution in [1.82, 2.24) is 10.2 Å². The first kappa shape index (κ1) is 17.6. The van der Waals surface area contributed by atoms with Crippen LogP contribution < -0.4 is 14.2 Å². The SMILES string of the molecule is FC(F)Oc1cccc(CSc2nnc(C3COc4ccccc4O3)o2)c1. The minimum Gasteiger partial charge on any atom is -0.485 e. The van der Waals surface area contributed by atoms with Crippen molar-refractivity contribution in [2.24, 2.45) is 0 Å². The Bertz CT molecular complexity index is 922. The van der Waals surface area contributed by atoms with Crippen molar-refractivity contribution >= 4 is 11.8 Å². The van der Waals surface area contributed by atoms with Crippen molar-refractivity contribution in [3.05, 3.63) is 60.0 Å². The summed E-state index contributed by atoms with van der Waals surface area (Å²) in [6.07, 6.45) is -0.482. The maximum Gasteiger partial charge on any atom is 0.387 e. The maximum atomic E-state index is 12.3. The zero-order valence-electron chi connectivity index (χ0n) is 13.9. The second-order valence-electron chi connectivity index (χ2n) is 5.59. The van der Waals surface area contributed by atoms with Crippen LogP contribution in [0, 0.1) is 0 Å². The van der Waals surface area contributed by atoms with Crippen LogP contribution in [-0.4, -0.2) is 23.4 Å². The van der Waals surface area contributed by atoms with Crippen molar-refractivity contribution in [2.75, 3.05) is 6.61 Å². The number of hydrogen-bond donors (Lipinski definition) is 0. The van der Waals surface area contributed by atoms with Crippen molar-refractivity contribution in [2.45, 2.75) is 23.7 Å². The van der Waals surface area contributed by atoms with Gasteiger partial charge in [0.05, 0.1) is 0 Å². The third-order valence-electron chi connectivity index (χ3n) is 3.69. The summed E-state index contributed by atoms with van der Waals surface area (Å²) < 4.78 is 46.1. The van der Waals surface area contributed by atoms with E-state index in [0.717, 1.165) is 5.56 Å². The number of fused-ring (bicyclic) bond motifs is 1. The summed E-state index contributed by atoms with van der Waals surface area (Å²) in [7, 11) is 0. The zero-order chi connectivity index (χ0) is 18.6. The third kappa shape index (κ3) is 4.30. The number of alkyl halides is 2. The van der Waals surface area contributed by atoms with Crippen LogP contribution in [0.15, 0.2) is 58.2 Å². The Morgan fingerprint density at radius 3 is 2.81 bits per heavy atom. The summed E-state index contributed by atoms with van der Waals surface area (Å²) in [4.78, 5) is 0. The topological polar surface area (TPSA) is 66.6 Å². The predicted molar refractivity (Wildman–Crippen MR) is 92.2 cm³/mol. The lowest BCUT2D eigenvalue weighted by molar-refractivity contribution is -0.0498. The van der Waals surface area contributed by atoms with Crippen molar-refractivity contribution < 1.29 is 27.4 Å². The Morgan fingerprint density at radius 1 is 1.11 bits per heavy atom. The lowest BCUT2D eigenvalue weighted by Crippen LogP contribution is -2.21. The van der Waals surface area contributed by atoms with E-state index in [1.54, 1.807) is 18.2 Å². The summed E-state index contributed by atoms with van der Waals surface area (Å²) >= 11 is 1.29. The molecular weight excluding hydrogens is 378 g/mol. The number of nitrogens with zero attached hydrogens (tertiary/aromatic N) is 2. The third-order valence-corrected chi connectivity index (χ3v) is 4.58. The van der Waals surface area contributed by atoms with Gasteiger partial charge in [-0.2, -0.15) is 8.78 Å². The highest BCUT2D eigenvalue weighted by molar-refractivity contribution is 7.98. The number of hydrogen-bond acceptors (Lipinski definition) is 7. The van der Waals surface area contributed by atoms with E-state index in [4.69, 9.17) is 13.9 Å². The Hall–Kier alpha value is -2.81. The number of ether oxygens (including phenoxy) is 3. The lowest BCUT2D eigenvalue weighted by Gasteiger charge is -2.23. The molecule has 0 fully saturated rings. The van der Waals surface area contributed by atoms with Gasteiger partial charge < -0.3 is 18.6 Å². The molecule has 6 nitrogen and oxygen atoms in total. The van der Waals surface area contributed by atoms with Crippen LogP contribution in [0.1, 0.15) is 17.6 Å². The zero-order valence-corrected chi connectivity index (χ0v) is 14.7. The molecule has 1 atom stereocenters. The van der Waals surface area contributed by atoms with Gasteiger partial charge in [0.15, 0.2) is 11.5 Å².